The van der Waals surface area contributed by atoms with Gasteiger partial charge in [0.05, 0.1) is 0 Å². The number of aliphatic carboxylic acids is 1. The molecule has 0 fully saturated rings. The zero-order valence-corrected chi connectivity index (χ0v) is 18.9. The van der Waals surface area contributed by atoms with Crippen LogP contribution in [0.4, 0.5) is 0 Å². The summed E-state index contributed by atoms with van der Waals surface area (Å²) in [6.45, 7) is 2.22. The lowest BCUT2D eigenvalue weighted by molar-refractivity contribution is -0.142. The summed E-state index contributed by atoms with van der Waals surface area (Å²) in [4.78, 5) is 23.0. The second-order valence-electron chi connectivity index (χ2n) is 7.40. The molecule has 0 radical (unpaired) electrons. The van der Waals surface area contributed by atoms with E-state index in [0.717, 1.165) is 38.5 Å². The molecule has 1 amide bonds. The molecule has 0 bridgehead atoms. The summed E-state index contributed by atoms with van der Waals surface area (Å²) in [5, 5.41) is 11.7. The topological polar surface area (TPSA) is 83.5 Å². The van der Waals surface area contributed by atoms with Crippen molar-refractivity contribution in [2.75, 3.05) is 5.75 Å². The van der Waals surface area contributed by atoms with Crippen molar-refractivity contribution in [3.8, 4) is 0 Å². The molecular weight excluding hydrogens is 386 g/mol. The normalized spacial score (nSPS) is 12.4. The van der Waals surface area contributed by atoms with Gasteiger partial charge in [0.1, 0.15) is 6.04 Å². The summed E-state index contributed by atoms with van der Waals surface area (Å²) in [7, 11) is 0. The molecule has 1 atom stereocenters. The number of hydrogen-bond acceptors (Lipinski definition) is 3. The highest BCUT2D eigenvalue weighted by Crippen LogP contribution is 2.09. The van der Waals surface area contributed by atoms with Crippen LogP contribution in [0.2, 0.25) is 0 Å². The second kappa shape index (κ2) is 21.2. The molecule has 0 aliphatic rings. The van der Waals surface area contributed by atoms with Gasteiger partial charge in [-0.2, -0.15) is 0 Å². The fraction of sp³-hybridized carbons (Fsp3) is 0.739. The van der Waals surface area contributed by atoms with Gasteiger partial charge in [-0.25, -0.2) is 4.79 Å². The molecule has 0 heterocycles. The van der Waals surface area contributed by atoms with E-state index in [1.54, 1.807) is 0 Å². The number of allylic oxidation sites excluding steroid dienone is 4. The SMILES string of the molecule is CCCCC/C=C\C/C=C\CCCCCCCC(=O)N[C@@H](CCC[S+]=O)C(=O)O. The molecule has 0 aromatic carbocycles. The van der Waals surface area contributed by atoms with Crippen molar-refractivity contribution in [2.45, 2.75) is 103 Å². The van der Waals surface area contributed by atoms with Crippen LogP contribution in [0, 0.1) is 0 Å². The monoisotopic (exact) mass is 426 g/mol. The number of nitrogens with one attached hydrogen (secondary N) is 1. The highest BCUT2D eigenvalue weighted by Gasteiger charge is 2.20. The molecule has 0 rings (SSSR count). The van der Waals surface area contributed by atoms with E-state index in [9.17, 15) is 13.8 Å². The first-order valence-corrected chi connectivity index (χ1v) is 12.1. The second-order valence-corrected chi connectivity index (χ2v) is 8.05. The van der Waals surface area contributed by atoms with E-state index in [1.807, 2.05) is 0 Å². The number of hydrogen-bond donors (Lipinski definition) is 2. The minimum Gasteiger partial charge on any atom is -0.480 e. The lowest BCUT2D eigenvalue weighted by Gasteiger charge is -2.13. The van der Waals surface area contributed by atoms with E-state index < -0.39 is 12.0 Å². The van der Waals surface area contributed by atoms with Gasteiger partial charge in [-0.1, -0.05) is 63.3 Å². The Morgan fingerprint density at radius 3 is 2.14 bits per heavy atom. The van der Waals surface area contributed by atoms with Crippen molar-refractivity contribution >= 4 is 23.5 Å². The minimum atomic E-state index is -1.03. The molecular formula is C23H40NO4S+. The van der Waals surface area contributed by atoms with Gasteiger partial charge in [0, 0.05) is 17.1 Å². The largest absolute Gasteiger partial charge is 0.480 e. The molecule has 5 nitrogen and oxygen atoms in total. The maximum absolute atomic E-state index is 11.9. The predicted octanol–water partition coefficient (Wildman–Crippen LogP) is 5.58. The van der Waals surface area contributed by atoms with Crippen LogP contribution in [0.3, 0.4) is 0 Å². The summed E-state index contributed by atoms with van der Waals surface area (Å²) in [6, 6.07) is -0.882. The predicted molar refractivity (Wildman–Crippen MR) is 121 cm³/mol. The van der Waals surface area contributed by atoms with Crippen LogP contribution in [0.1, 0.15) is 96.8 Å². The highest BCUT2D eigenvalue weighted by molar-refractivity contribution is 7.65. The van der Waals surface area contributed by atoms with Crippen molar-refractivity contribution in [1.82, 2.24) is 5.32 Å². The van der Waals surface area contributed by atoms with Crippen LogP contribution in [0.15, 0.2) is 24.3 Å². The maximum atomic E-state index is 11.9. The van der Waals surface area contributed by atoms with Crippen LogP contribution >= 0.6 is 0 Å². The molecule has 0 aliphatic heterocycles. The smallest absolute Gasteiger partial charge is 0.458 e. The Labute approximate surface area is 180 Å². The van der Waals surface area contributed by atoms with Crippen molar-refractivity contribution in [3.63, 3.8) is 0 Å². The van der Waals surface area contributed by atoms with Crippen molar-refractivity contribution in [1.29, 1.82) is 0 Å². The highest BCUT2D eigenvalue weighted by atomic mass is 32.1. The molecule has 0 saturated heterocycles. The van der Waals surface area contributed by atoms with Gasteiger partial charge in [-0.3, -0.25) is 4.79 Å². The molecule has 0 saturated carbocycles. The summed E-state index contributed by atoms with van der Waals surface area (Å²) >= 11 is 0.444. The number of carbonyl (C=O) groups excluding carboxylic acids is 1. The van der Waals surface area contributed by atoms with Crippen LogP contribution in [-0.4, -0.2) is 28.8 Å². The summed E-state index contributed by atoms with van der Waals surface area (Å²) < 4.78 is 10.3. The van der Waals surface area contributed by atoms with Gasteiger partial charge in [0.2, 0.25) is 11.7 Å². The lowest BCUT2D eigenvalue weighted by Crippen LogP contribution is -2.40. The fourth-order valence-electron chi connectivity index (χ4n) is 2.97. The summed E-state index contributed by atoms with van der Waals surface area (Å²) in [6.07, 6.45) is 22.6. The molecule has 2 N–H and O–H groups in total. The number of amides is 1. The van der Waals surface area contributed by atoms with Gasteiger partial charge in [-0.15, -0.1) is 0 Å². The Balaban J connectivity index is 3.59. The quantitative estimate of drug-likeness (QED) is 0.151. The average molecular weight is 427 g/mol. The van der Waals surface area contributed by atoms with E-state index >= 15 is 0 Å². The Kier molecular flexibility index (Phi) is 20.0. The zero-order chi connectivity index (χ0) is 21.6. The lowest BCUT2D eigenvalue weighted by atomic mass is 10.1. The molecule has 6 heteroatoms. The van der Waals surface area contributed by atoms with E-state index in [1.165, 1.54) is 32.1 Å². The fourth-order valence-corrected chi connectivity index (χ4v) is 3.25. The van der Waals surface area contributed by atoms with E-state index in [-0.39, 0.29) is 5.91 Å². The third-order valence-electron chi connectivity index (χ3n) is 4.71. The summed E-state index contributed by atoms with van der Waals surface area (Å²) in [5.41, 5.74) is 0. The first kappa shape index (κ1) is 27.4. The summed E-state index contributed by atoms with van der Waals surface area (Å²) in [5.74, 6) is -0.878. The van der Waals surface area contributed by atoms with Crippen LogP contribution in [0.25, 0.3) is 0 Å². The maximum Gasteiger partial charge on any atom is 0.458 e. The Bertz CT molecular complexity index is 491. The molecule has 0 aromatic rings. The van der Waals surface area contributed by atoms with E-state index in [2.05, 4.69) is 36.5 Å². The number of rotatable bonds is 20. The van der Waals surface area contributed by atoms with Gasteiger partial charge in [0.15, 0.2) is 0 Å². The minimum absolute atomic E-state index is 0.210. The van der Waals surface area contributed by atoms with E-state index in [0.29, 0.717) is 36.7 Å². The Morgan fingerprint density at radius 1 is 0.897 bits per heavy atom. The first-order valence-electron chi connectivity index (χ1n) is 11.2. The Morgan fingerprint density at radius 2 is 1.52 bits per heavy atom. The molecule has 0 unspecified atom stereocenters. The molecule has 0 spiro atoms. The van der Waals surface area contributed by atoms with Gasteiger partial charge < -0.3 is 10.4 Å². The first-order chi connectivity index (χ1) is 14.1. The van der Waals surface area contributed by atoms with Crippen LogP contribution in [-0.2, 0) is 25.5 Å². The van der Waals surface area contributed by atoms with E-state index in [4.69, 9.17) is 5.11 Å². The van der Waals surface area contributed by atoms with Crippen molar-refractivity contribution < 1.29 is 18.9 Å². The molecule has 166 valence electrons. The molecule has 29 heavy (non-hydrogen) atoms. The van der Waals surface area contributed by atoms with Crippen LogP contribution < -0.4 is 5.32 Å². The van der Waals surface area contributed by atoms with Gasteiger partial charge in [0.25, 0.3) is 0 Å². The van der Waals surface area contributed by atoms with Gasteiger partial charge in [-0.05, 0) is 44.9 Å². The van der Waals surface area contributed by atoms with Gasteiger partial charge >= 0.3 is 17.6 Å². The number of unbranched alkanes of at least 4 members (excludes halogenated alkanes) is 8. The number of carboxylic acids is 1. The Hall–Kier alpha value is -1.56. The number of carboxylic acid groups (broad SMARTS) is 1. The third kappa shape index (κ3) is 19.5. The molecule has 0 aromatic heterocycles. The van der Waals surface area contributed by atoms with Crippen LogP contribution in [0.5, 0.6) is 0 Å². The number of carbonyl (C=O) groups is 2. The van der Waals surface area contributed by atoms with Crippen molar-refractivity contribution in [2.24, 2.45) is 0 Å². The third-order valence-corrected chi connectivity index (χ3v) is 5.16. The van der Waals surface area contributed by atoms with Crippen molar-refractivity contribution in [3.05, 3.63) is 24.3 Å². The standard InChI is InChI=1S/C23H39NO4S/c1-2-3-4-5-6-7-8-9-10-11-12-13-14-15-16-19-22(25)24-21(23(26)27)18-17-20-29-28/h6-7,9-10,21H,2-5,8,11-20H2,1H3,(H-,24,25,26,27)/p+1/b7-6-,10-9-/t21-/m0/s1. The zero-order valence-electron chi connectivity index (χ0n) is 18.1. The average Bonchev–Trinajstić information content (AvgIpc) is 2.70. The molecule has 0 aliphatic carbocycles.